The van der Waals surface area contributed by atoms with Gasteiger partial charge in [-0.3, -0.25) is 4.90 Å². The van der Waals surface area contributed by atoms with Gasteiger partial charge in [0.1, 0.15) is 5.75 Å². The third-order valence-corrected chi connectivity index (χ3v) is 3.83. The van der Waals surface area contributed by atoms with E-state index >= 15 is 0 Å². The summed E-state index contributed by atoms with van der Waals surface area (Å²) >= 11 is 0. The lowest BCUT2D eigenvalue weighted by atomic mass is 10.1. The zero-order valence-corrected chi connectivity index (χ0v) is 12.2. The number of hydrogen-bond donors (Lipinski definition) is 1. The highest BCUT2D eigenvalue weighted by Gasteiger charge is 2.16. The quantitative estimate of drug-likeness (QED) is 0.883. The zero-order chi connectivity index (χ0) is 13.5. The summed E-state index contributed by atoms with van der Waals surface area (Å²) in [7, 11) is 2.24. The highest BCUT2D eigenvalue weighted by atomic mass is 16.5. The van der Waals surface area contributed by atoms with Crippen molar-refractivity contribution >= 4 is 0 Å². The molecule has 0 saturated carbocycles. The van der Waals surface area contributed by atoms with Crippen LogP contribution in [-0.4, -0.2) is 37.7 Å². The van der Waals surface area contributed by atoms with Crippen LogP contribution in [0.25, 0.3) is 0 Å². The smallest absolute Gasteiger partial charge is 0.119 e. The van der Waals surface area contributed by atoms with Gasteiger partial charge in [-0.25, -0.2) is 0 Å². The van der Waals surface area contributed by atoms with E-state index in [9.17, 15) is 0 Å². The van der Waals surface area contributed by atoms with Gasteiger partial charge in [-0.2, -0.15) is 0 Å². The summed E-state index contributed by atoms with van der Waals surface area (Å²) in [6.45, 7) is 6.10. The molecule has 1 unspecified atom stereocenters. The molecule has 19 heavy (non-hydrogen) atoms. The van der Waals surface area contributed by atoms with E-state index in [0.29, 0.717) is 6.04 Å². The lowest BCUT2D eigenvalue weighted by Gasteiger charge is -2.26. The summed E-state index contributed by atoms with van der Waals surface area (Å²) in [5.41, 5.74) is 1.36. The highest BCUT2D eigenvalue weighted by molar-refractivity contribution is 5.27. The Hall–Kier alpha value is -1.06. The maximum Gasteiger partial charge on any atom is 0.119 e. The molecule has 1 saturated heterocycles. The van der Waals surface area contributed by atoms with Gasteiger partial charge in [-0.15, -0.1) is 0 Å². The normalized spacial score (nSPS) is 20.3. The summed E-state index contributed by atoms with van der Waals surface area (Å²) in [5.74, 6) is 0.965. The van der Waals surface area contributed by atoms with Crippen LogP contribution in [-0.2, 0) is 6.54 Å². The molecular weight excluding hydrogens is 236 g/mol. The molecular formula is C16H26N2O. The molecule has 2 rings (SSSR count). The first-order chi connectivity index (χ1) is 9.29. The first kappa shape index (κ1) is 14.4. The van der Waals surface area contributed by atoms with Gasteiger partial charge in [0, 0.05) is 12.6 Å². The predicted octanol–water partition coefficient (Wildman–Crippen LogP) is 2.66. The van der Waals surface area contributed by atoms with Crippen molar-refractivity contribution in [2.75, 3.05) is 26.7 Å². The Morgan fingerprint density at radius 3 is 2.74 bits per heavy atom. The van der Waals surface area contributed by atoms with Crippen molar-refractivity contribution in [1.29, 1.82) is 0 Å². The van der Waals surface area contributed by atoms with Crippen LogP contribution in [0.1, 0.15) is 31.7 Å². The van der Waals surface area contributed by atoms with E-state index in [1.54, 1.807) is 0 Å². The minimum atomic E-state index is 0.710. The standard InChI is InChI=1S/C16H26N2O/c1-3-19-16-8-6-14(7-9-16)13-18(2)15-5-4-11-17-12-10-15/h6-9,15,17H,3-5,10-13H2,1-2H3. The molecule has 1 aromatic carbocycles. The van der Waals surface area contributed by atoms with E-state index in [-0.39, 0.29) is 0 Å². The van der Waals surface area contributed by atoms with E-state index in [2.05, 4.69) is 41.5 Å². The van der Waals surface area contributed by atoms with Crippen molar-refractivity contribution in [3.8, 4) is 5.75 Å². The van der Waals surface area contributed by atoms with Crippen LogP contribution in [0.3, 0.4) is 0 Å². The molecule has 0 aliphatic carbocycles. The molecule has 1 heterocycles. The largest absolute Gasteiger partial charge is 0.494 e. The van der Waals surface area contributed by atoms with Crippen LogP contribution < -0.4 is 10.1 Å². The van der Waals surface area contributed by atoms with Gasteiger partial charge < -0.3 is 10.1 Å². The fraction of sp³-hybridized carbons (Fsp3) is 0.625. The molecule has 3 heteroatoms. The molecule has 1 atom stereocenters. The number of benzene rings is 1. The monoisotopic (exact) mass is 262 g/mol. The molecule has 106 valence electrons. The van der Waals surface area contributed by atoms with Gasteiger partial charge in [-0.05, 0) is 64.0 Å². The minimum Gasteiger partial charge on any atom is -0.494 e. The Labute approximate surface area is 116 Å². The number of hydrogen-bond acceptors (Lipinski definition) is 3. The van der Waals surface area contributed by atoms with Crippen LogP contribution in [0.15, 0.2) is 24.3 Å². The fourth-order valence-electron chi connectivity index (χ4n) is 2.72. The molecule has 1 N–H and O–H groups in total. The van der Waals surface area contributed by atoms with Crippen molar-refractivity contribution in [2.24, 2.45) is 0 Å². The summed E-state index contributed by atoms with van der Waals surface area (Å²) in [4.78, 5) is 2.49. The van der Waals surface area contributed by atoms with Gasteiger partial charge in [0.15, 0.2) is 0 Å². The van der Waals surface area contributed by atoms with E-state index in [4.69, 9.17) is 4.74 Å². The van der Waals surface area contributed by atoms with Crippen LogP contribution in [0.5, 0.6) is 5.75 Å². The Kier molecular flexibility index (Phi) is 5.67. The lowest BCUT2D eigenvalue weighted by Crippen LogP contribution is -2.31. The summed E-state index contributed by atoms with van der Waals surface area (Å²) in [6, 6.07) is 9.21. The zero-order valence-electron chi connectivity index (χ0n) is 12.2. The minimum absolute atomic E-state index is 0.710. The number of rotatable bonds is 5. The van der Waals surface area contributed by atoms with Gasteiger partial charge in [0.25, 0.3) is 0 Å². The molecule has 0 spiro atoms. The van der Waals surface area contributed by atoms with Gasteiger partial charge in [0.05, 0.1) is 6.61 Å². The Morgan fingerprint density at radius 2 is 2.00 bits per heavy atom. The number of ether oxygens (including phenoxy) is 1. The predicted molar refractivity (Wildman–Crippen MR) is 79.6 cm³/mol. The third-order valence-electron chi connectivity index (χ3n) is 3.83. The maximum absolute atomic E-state index is 5.48. The van der Waals surface area contributed by atoms with Crippen LogP contribution >= 0.6 is 0 Å². The van der Waals surface area contributed by atoms with E-state index in [1.807, 2.05) is 6.92 Å². The second kappa shape index (κ2) is 7.51. The molecule has 3 nitrogen and oxygen atoms in total. The van der Waals surface area contributed by atoms with Crippen LogP contribution in [0.4, 0.5) is 0 Å². The van der Waals surface area contributed by atoms with Gasteiger partial charge in [0.2, 0.25) is 0 Å². The van der Waals surface area contributed by atoms with Crippen molar-refractivity contribution in [1.82, 2.24) is 10.2 Å². The van der Waals surface area contributed by atoms with E-state index in [1.165, 1.54) is 31.4 Å². The Balaban J connectivity index is 1.88. The lowest BCUT2D eigenvalue weighted by molar-refractivity contribution is 0.216. The molecule has 0 radical (unpaired) electrons. The average molecular weight is 262 g/mol. The van der Waals surface area contributed by atoms with Crippen molar-refractivity contribution < 1.29 is 4.74 Å². The van der Waals surface area contributed by atoms with Gasteiger partial charge >= 0.3 is 0 Å². The Morgan fingerprint density at radius 1 is 1.21 bits per heavy atom. The topological polar surface area (TPSA) is 24.5 Å². The third kappa shape index (κ3) is 4.51. The highest BCUT2D eigenvalue weighted by Crippen LogP contribution is 2.17. The van der Waals surface area contributed by atoms with Crippen LogP contribution in [0, 0.1) is 0 Å². The number of nitrogens with one attached hydrogen (secondary N) is 1. The second-order valence-corrected chi connectivity index (χ2v) is 5.33. The molecule has 0 bridgehead atoms. The maximum atomic E-state index is 5.48. The molecule has 1 fully saturated rings. The van der Waals surface area contributed by atoms with Crippen LogP contribution in [0.2, 0.25) is 0 Å². The molecule has 0 aromatic heterocycles. The van der Waals surface area contributed by atoms with Gasteiger partial charge in [-0.1, -0.05) is 12.1 Å². The molecule has 1 aliphatic heterocycles. The SMILES string of the molecule is CCOc1ccc(CN(C)C2CCCNCC2)cc1. The summed E-state index contributed by atoms with van der Waals surface area (Å²) in [6.07, 6.45) is 3.85. The van der Waals surface area contributed by atoms with Crippen molar-refractivity contribution in [3.63, 3.8) is 0 Å². The fourth-order valence-corrected chi connectivity index (χ4v) is 2.72. The number of nitrogens with zero attached hydrogens (tertiary/aromatic N) is 1. The summed E-state index contributed by atoms with van der Waals surface area (Å²) in [5, 5.41) is 3.47. The molecule has 0 amide bonds. The molecule has 1 aliphatic rings. The van der Waals surface area contributed by atoms with Crippen molar-refractivity contribution in [2.45, 2.75) is 38.8 Å². The molecule has 1 aromatic rings. The Bertz CT molecular complexity index is 356. The first-order valence-corrected chi connectivity index (χ1v) is 7.42. The van der Waals surface area contributed by atoms with E-state index < -0.39 is 0 Å². The van der Waals surface area contributed by atoms with Crippen molar-refractivity contribution in [3.05, 3.63) is 29.8 Å². The second-order valence-electron chi connectivity index (χ2n) is 5.33. The summed E-state index contributed by atoms with van der Waals surface area (Å²) < 4.78 is 5.48. The first-order valence-electron chi connectivity index (χ1n) is 7.42. The van der Waals surface area contributed by atoms with E-state index in [0.717, 1.165) is 25.4 Å². The average Bonchev–Trinajstić information content (AvgIpc) is 2.70.